The van der Waals surface area contributed by atoms with Crippen molar-refractivity contribution in [1.29, 1.82) is 0 Å². The van der Waals surface area contributed by atoms with Crippen LogP contribution in [-0.4, -0.2) is 35.9 Å². The molecule has 13 heavy (non-hydrogen) atoms. The zero-order valence-electron chi connectivity index (χ0n) is 7.75. The second kappa shape index (κ2) is 7.76. The van der Waals surface area contributed by atoms with Crippen molar-refractivity contribution in [2.45, 2.75) is 19.3 Å². The van der Waals surface area contributed by atoms with Crippen LogP contribution in [0.4, 0.5) is 0 Å². The molecule has 0 aromatic carbocycles. The third-order valence-corrected chi connectivity index (χ3v) is 1.65. The summed E-state index contributed by atoms with van der Waals surface area (Å²) in [5.74, 6) is -0.921. The lowest BCUT2D eigenvalue weighted by molar-refractivity contribution is -0.132. The summed E-state index contributed by atoms with van der Waals surface area (Å²) in [4.78, 5) is 10.3. The van der Waals surface area contributed by atoms with E-state index in [4.69, 9.17) is 10.2 Å². The van der Waals surface area contributed by atoms with Crippen LogP contribution in [0.25, 0.3) is 0 Å². The minimum atomic E-state index is -0.921. The first-order valence-corrected chi connectivity index (χ1v) is 4.41. The monoisotopic (exact) mass is 187 g/mol. The van der Waals surface area contributed by atoms with Crippen molar-refractivity contribution in [2.24, 2.45) is 0 Å². The Balaban J connectivity index is 3.16. The maximum absolute atomic E-state index is 10.3. The molecule has 0 radical (unpaired) electrons. The van der Waals surface area contributed by atoms with Crippen LogP contribution in [0.2, 0.25) is 0 Å². The quantitative estimate of drug-likeness (QED) is 0.379. The van der Waals surface area contributed by atoms with Gasteiger partial charge in [-0.05, 0) is 32.4 Å². The molecule has 0 unspecified atom stereocenters. The average molecular weight is 187 g/mol. The molecule has 0 bridgehead atoms. The van der Waals surface area contributed by atoms with Gasteiger partial charge >= 0.3 is 5.97 Å². The molecule has 0 amide bonds. The predicted octanol–water partition coefficient (Wildman–Crippen LogP) is 0.379. The van der Waals surface area contributed by atoms with Crippen LogP contribution in [0.15, 0.2) is 12.2 Å². The summed E-state index contributed by atoms with van der Waals surface area (Å²) in [5.41, 5.74) is 0.254. The van der Waals surface area contributed by atoms with Crippen LogP contribution in [0.1, 0.15) is 19.3 Å². The molecule has 0 aliphatic heterocycles. The third-order valence-electron chi connectivity index (χ3n) is 1.65. The molecule has 3 N–H and O–H groups in total. The van der Waals surface area contributed by atoms with Crippen molar-refractivity contribution in [3.8, 4) is 0 Å². The SMILES string of the molecule is C=C(CCCNCCCO)C(=O)O. The van der Waals surface area contributed by atoms with Gasteiger partial charge < -0.3 is 15.5 Å². The molecule has 0 rings (SSSR count). The molecule has 0 aliphatic carbocycles. The van der Waals surface area contributed by atoms with Gasteiger partial charge in [-0.1, -0.05) is 6.58 Å². The zero-order chi connectivity index (χ0) is 10.1. The smallest absolute Gasteiger partial charge is 0.330 e. The summed E-state index contributed by atoms with van der Waals surface area (Å²) in [6, 6.07) is 0. The largest absolute Gasteiger partial charge is 0.478 e. The summed E-state index contributed by atoms with van der Waals surface area (Å²) in [5, 5.41) is 20.0. The van der Waals surface area contributed by atoms with Gasteiger partial charge in [-0.15, -0.1) is 0 Å². The van der Waals surface area contributed by atoms with E-state index in [0.29, 0.717) is 6.42 Å². The molecule has 0 atom stereocenters. The normalized spacial score (nSPS) is 9.92. The lowest BCUT2D eigenvalue weighted by Crippen LogP contribution is -2.18. The van der Waals surface area contributed by atoms with Crippen molar-refractivity contribution in [3.63, 3.8) is 0 Å². The lowest BCUT2D eigenvalue weighted by Gasteiger charge is -2.02. The van der Waals surface area contributed by atoms with Crippen molar-refractivity contribution < 1.29 is 15.0 Å². The summed E-state index contributed by atoms with van der Waals surface area (Å²) in [7, 11) is 0. The fourth-order valence-corrected chi connectivity index (χ4v) is 0.863. The topological polar surface area (TPSA) is 69.6 Å². The van der Waals surface area contributed by atoms with Crippen molar-refractivity contribution in [2.75, 3.05) is 19.7 Å². The highest BCUT2D eigenvalue weighted by Crippen LogP contribution is 2.00. The van der Waals surface area contributed by atoms with Gasteiger partial charge in [0.1, 0.15) is 0 Å². The molecule has 0 heterocycles. The second-order valence-corrected chi connectivity index (χ2v) is 2.84. The van der Waals surface area contributed by atoms with E-state index in [2.05, 4.69) is 11.9 Å². The number of aliphatic carboxylic acids is 1. The summed E-state index contributed by atoms with van der Waals surface area (Å²) in [6.07, 6.45) is 2.03. The second-order valence-electron chi connectivity index (χ2n) is 2.84. The molecular formula is C9H17NO3. The third kappa shape index (κ3) is 7.49. The van der Waals surface area contributed by atoms with E-state index in [-0.39, 0.29) is 12.2 Å². The molecule has 4 nitrogen and oxygen atoms in total. The Morgan fingerprint density at radius 2 is 1.92 bits per heavy atom. The van der Waals surface area contributed by atoms with E-state index in [1.165, 1.54) is 0 Å². The maximum Gasteiger partial charge on any atom is 0.330 e. The van der Waals surface area contributed by atoms with Gasteiger partial charge in [-0.25, -0.2) is 4.79 Å². The van der Waals surface area contributed by atoms with Gasteiger partial charge in [0.25, 0.3) is 0 Å². The summed E-state index contributed by atoms with van der Waals surface area (Å²) >= 11 is 0. The van der Waals surface area contributed by atoms with E-state index in [1.54, 1.807) is 0 Å². The predicted molar refractivity (Wildman–Crippen MR) is 50.6 cm³/mol. The van der Waals surface area contributed by atoms with Gasteiger partial charge in [-0.2, -0.15) is 0 Å². The van der Waals surface area contributed by atoms with Crippen LogP contribution in [-0.2, 0) is 4.79 Å². The molecule has 0 fully saturated rings. The number of hydrogen-bond acceptors (Lipinski definition) is 3. The van der Waals surface area contributed by atoms with Crippen LogP contribution in [0, 0.1) is 0 Å². The van der Waals surface area contributed by atoms with Crippen LogP contribution in [0.3, 0.4) is 0 Å². The molecule has 4 heteroatoms. The maximum atomic E-state index is 10.3. The summed E-state index contributed by atoms with van der Waals surface area (Å²) < 4.78 is 0. The molecule has 0 saturated heterocycles. The Morgan fingerprint density at radius 3 is 2.46 bits per heavy atom. The van der Waals surface area contributed by atoms with E-state index in [0.717, 1.165) is 25.9 Å². The minimum Gasteiger partial charge on any atom is -0.478 e. The molecule has 76 valence electrons. The fourth-order valence-electron chi connectivity index (χ4n) is 0.863. The van der Waals surface area contributed by atoms with Crippen molar-refractivity contribution >= 4 is 5.97 Å². The molecule has 0 aromatic heterocycles. The van der Waals surface area contributed by atoms with E-state index in [9.17, 15) is 4.79 Å². The van der Waals surface area contributed by atoms with Gasteiger partial charge in [0.15, 0.2) is 0 Å². The Labute approximate surface area is 78.3 Å². The van der Waals surface area contributed by atoms with Crippen molar-refractivity contribution in [1.82, 2.24) is 5.32 Å². The van der Waals surface area contributed by atoms with Crippen LogP contribution >= 0.6 is 0 Å². The Kier molecular flexibility index (Phi) is 7.24. The number of aliphatic hydroxyl groups is 1. The molecular weight excluding hydrogens is 170 g/mol. The molecule has 0 aromatic rings. The molecule has 0 aliphatic rings. The number of hydrogen-bond donors (Lipinski definition) is 3. The number of nitrogens with one attached hydrogen (secondary N) is 1. The Morgan fingerprint density at radius 1 is 1.31 bits per heavy atom. The van der Waals surface area contributed by atoms with E-state index in [1.807, 2.05) is 0 Å². The van der Waals surface area contributed by atoms with E-state index < -0.39 is 5.97 Å². The lowest BCUT2D eigenvalue weighted by atomic mass is 10.2. The molecule has 0 saturated carbocycles. The number of aliphatic hydroxyl groups excluding tert-OH is 1. The average Bonchev–Trinajstić information content (AvgIpc) is 2.10. The first-order chi connectivity index (χ1) is 6.18. The number of carboxylic acid groups (broad SMARTS) is 1. The number of carbonyl (C=O) groups is 1. The Hall–Kier alpha value is -0.870. The van der Waals surface area contributed by atoms with Crippen LogP contribution < -0.4 is 5.32 Å². The number of rotatable bonds is 8. The van der Waals surface area contributed by atoms with E-state index >= 15 is 0 Å². The Bertz CT molecular complexity index is 168. The summed E-state index contributed by atoms with van der Waals surface area (Å²) in [6.45, 7) is 5.15. The first-order valence-electron chi connectivity index (χ1n) is 4.41. The molecule has 0 spiro atoms. The van der Waals surface area contributed by atoms with Gasteiger partial charge in [0.05, 0.1) is 0 Å². The highest BCUT2D eigenvalue weighted by atomic mass is 16.4. The fraction of sp³-hybridized carbons (Fsp3) is 0.667. The standard InChI is InChI=1S/C9H17NO3/c1-8(9(12)13)4-2-5-10-6-3-7-11/h10-11H,1-7H2,(H,12,13). The number of carboxylic acids is 1. The van der Waals surface area contributed by atoms with Gasteiger partial charge in [0, 0.05) is 12.2 Å². The highest BCUT2D eigenvalue weighted by Gasteiger charge is 2.01. The minimum absolute atomic E-state index is 0.189. The first kappa shape index (κ1) is 12.1. The highest BCUT2D eigenvalue weighted by molar-refractivity contribution is 5.85. The van der Waals surface area contributed by atoms with Crippen molar-refractivity contribution in [3.05, 3.63) is 12.2 Å². The van der Waals surface area contributed by atoms with Crippen LogP contribution in [0.5, 0.6) is 0 Å². The van der Waals surface area contributed by atoms with Gasteiger partial charge in [-0.3, -0.25) is 0 Å². The zero-order valence-corrected chi connectivity index (χ0v) is 7.75. The van der Waals surface area contributed by atoms with Gasteiger partial charge in [0.2, 0.25) is 0 Å².